The average Bonchev–Trinajstić information content (AvgIpc) is 2.28. The van der Waals surface area contributed by atoms with E-state index in [0.29, 0.717) is 12.6 Å². The molecule has 2 N–H and O–H groups in total. The number of rotatable bonds is 4. The number of methoxy groups -OCH3 is 1. The lowest BCUT2D eigenvalue weighted by Gasteiger charge is -2.53. The summed E-state index contributed by atoms with van der Waals surface area (Å²) in [5, 5.41) is 0. The molecule has 1 aromatic carbocycles. The SMILES string of the molecule is COC1CC(CN)(N(C)c2ccc(C)cc2C)C1. The number of nitrogens with zero attached hydrogens (tertiary/aromatic N) is 1. The molecule has 1 fully saturated rings. The highest BCUT2D eigenvalue weighted by Gasteiger charge is 2.46. The Morgan fingerprint density at radius 2 is 2.06 bits per heavy atom. The maximum atomic E-state index is 6.01. The normalized spacial score (nSPS) is 26.8. The molecule has 0 spiro atoms. The van der Waals surface area contributed by atoms with Crippen molar-refractivity contribution in [1.29, 1.82) is 0 Å². The van der Waals surface area contributed by atoms with Gasteiger partial charge in [-0.3, -0.25) is 0 Å². The molecule has 100 valence electrons. The zero-order chi connectivity index (χ0) is 13.3. The predicted octanol–water partition coefficient (Wildman–Crippen LogP) is 2.25. The Morgan fingerprint density at radius 3 is 2.56 bits per heavy atom. The molecular formula is C15H24N2O. The molecular weight excluding hydrogens is 224 g/mol. The van der Waals surface area contributed by atoms with Gasteiger partial charge in [-0.15, -0.1) is 0 Å². The van der Waals surface area contributed by atoms with Crippen LogP contribution in [0.4, 0.5) is 5.69 Å². The highest BCUT2D eigenvalue weighted by molar-refractivity contribution is 5.56. The minimum Gasteiger partial charge on any atom is -0.381 e. The van der Waals surface area contributed by atoms with Gasteiger partial charge in [0.15, 0.2) is 0 Å². The van der Waals surface area contributed by atoms with Crippen LogP contribution in [0.5, 0.6) is 0 Å². The zero-order valence-corrected chi connectivity index (χ0v) is 11.9. The van der Waals surface area contributed by atoms with E-state index in [9.17, 15) is 0 Å². The number of nitrogens with two attached hydrogens (primary N) is 1. The topological polar surface area (TPSA) is 38.5 Å². The summed E-state index contributed by atoms with van der Waals surface area (Å²) in [6, 6.07) is 6.58. The van der Waals surface area contributed by atoms with Gasteiger partial charge >= 0.3 is 0 Å². The lowest BCUT2D eigenvalue weighted by Crippen LogP contribution is -2.63. The van der Waals surface area contributed by atoms with Gasteiger partial charge in [0.05, 0.1) is 11.6 Å². The third-order valence-corrected chi connectivity index (χ3v) is 4.35. The molecule has 0 aliphatic heterocycles. The lowest BCUT2D eigenvalue weighted by atomic mass is 9.72. The monoisotopic (exact) mass is 248 g/mol. The van der Waals surface area contributed by atoms with Crippen LogP contribution in [0.1, 0.15) is 24.0 Å². The molecule has 2 rings (SSSR count). The number of anilines is 1. The Hall–Kier alpha value is -1.06. The Balaban J connectivity index is 2.22. The molecule has 0 heterocycles. The minimum atomic E-state index is 0.0701. The summed E-state index contributed by atoms with van der Waals surface area (Å²) in [4.78, 5) is 2.34. The molecule has 0 radical (unpaired) electrons. The van der Waals surface area contributed by atoms with Crippen molar-refractivity contribution in [2.75, 3.05) is 25.6 Å². The molecule has 18 heavy (non-hydrogen) atoms. The Labute approximate surface area is 110 Å². The van der Waals surface area contributed by atoms with Crippen molar-refractivity contribution in [3.63, 3.8) is 0 Å². The summed E-state index contributed by atoms with van der Waals surface area (Å²) in [7, 11) is 3.93. The highest BCUT2D eigenvalue weighted by Crippen LogP contribution is 2.41. The van der Waals surface area contributed by atoms with Crippen molar-refractivity contribution in [3.05, 3.63) is 29.3 Å². The van der Waals surface area contributed by atoms with Crippen molar-refractivity contribution in [2.45, 2.75) is 38.3 Å². The van der Waals surface area contributed by atoms with Gasteiger partial charge in [0.2, 0.25) is 0 Å². The maximum absolute atomic E-state index is 6.01. The molecule has 3 nitrogen and oxygen atoms in total. The Bertz CT molecular complexity index is 425. The van der Waals surface area contributed by atoms with Gasteiger partial charge in [0.1, 0.15) is 0 Å². The van der Waals surface area contributed by atoms with Crippen LogP contribution < -0.4 is 10.6 Å². The van der Waals surface area contributed by atoms with E-state index >= 15 is 0 Å². The molecule has 0 amide bonds. The van der Waals surface area contributed by atoms with Gasteiger partial charge in [-0.25, -0.2) is 0 Å². The lowest BCUT2D eigenvalue weighted by molar-refractivity contribution is -0.0123. The van der Waals surface area contributed by atoms with Crippen molar-refractivity contribution in [3.8, 4) is 0 Å². The zero-order valence-electron chi connectivity index (χ0n) is 11.9. The minimum absolute atomic E-state index is 0.0701. The molecule has 1 aliphatic carbocycles. The van der Waals surface area contributed by atoms with Crippen molar-refractivity contribution in [1.82, 2.24) is 0 Å². The number of likely N-dealkylation sites (N-methyl/N-ethyl adjacent to an activating group) is 1. The first kappa shape index (κ1) is 13.4. The summed E-state index contributed by atoms with van der Waals surface area (Å²) in [6.07, 6.45) is 2.40. The number of benzene rings is 1. The Kier molecular flexibility index (Phi) is 3.64. The van der Waals surface area contributed by atoms with Crippen LogP contribution in [0.25, 0.3) is 0 Å². The van der Waals surface area contributed by atoms with Crippen LogP contribution in [-0.4, -0.2) is 32.3 Å². The second-order valence-corrected chi connectivity index (χ2v) is 5.54. The molecule has 0 unspecified atom stereocenters. The number of hydrogen-bond donors (Lipinski definition) is 1. The van der Waals surface area contributed by atoms with Gasteiger partial charge < -0.3 is 15.4 Å². The maximum Gasteiger partial charge on any atom is 0.0617 e. The summed E-state index contributed by atoms with van der Waals surface area (Å²) < 4.78 is 5.40. The van der Waals surface area contributed by atoms with Crippen molar-refractivity contribution >= 4 is 5.69 Å². The van der Waals surface area contributed by atoms with E-state index in [-0.39, 0.29) is 5.54 Å². The fourth-order valence-corrected chi connectivity index (χ4v) is 2.97. The second kappa shape index (κ2) is 4.90. The van der Waals surface area contributed by atoms with Crippen LogP contribution in [0, 0.1) is 13.8 Å². The van der Waals surface area contributed by atoms with Gasteiger partial charge in [0.25, 0.3) is 0 Å². The van der Waals surface area contributed by atoms with Gasteiger partial charge in [0, 0.05) is 26.4 Å². The summed E-state index contributed by atoms with van der Waals surface area (Å²) >= 11 is 0. The number of ether oxygens (including phenoxy) is 1. The van der Waals surface area contributed by atoms with Crippen LogP contribution >= 0.6 is 0 Å². The largest absolute Gasteiger partial charge is 0.381 e. The highest BCUT2D eigenvalue weighted by atomic mass is 16.5. The second-order valence-electron chi connectivity index (χ2n) is 5.54. The summed E-state index contributed by atoms with van der Waals surface area (Å²) in [5.74, 6) is 0. The fourth-order valence-electron chi connectivity index (χ4n) is 2.97. The average molecular weight is 248 g/mol. The van der Waals surface area contributed by atoms with Crippen LogP contribution in [0.15, 0.2) is 18.2 Å². The van der Waals surface area contributed by atoms with E-state index in [2.05, 4.69) is 44.0 Å². The molecule has 1 saturated carbocycles. The van der Waals surface area contributed by atoms with Gasteiger partial charge in [-0.2, -0.15) is 0 Å². The standard InChI is InChI=1S/C15H24N2O/c1-11-5-6-14(12(2)7-11)17(3)15(10-16)8-13(9-15)18-4/h5-7,13H,8-10,16H2,1-4H3. The van der Waals surface area contributed by atoms with E-state index in [4.69, 9.17) is 10.5 Å². The summed E-state index contributed by atoms with van der Waals surface area (Å²) in [6.45, 7) is 4.96. The Morgan fingerprint density at radius 1 is 1.39 bits per heavy atom. The van der Waals surface area contributed by atoms with Crippen LogP contribution in [0.2, 0.25) is 0 Å². The van der Waals surface area contributed by atoms with E-state index < -0.39 is 0 Å². The van der Waals surface area contributed by atoms with Crippen LogP contribution in [0.3, 0.4) is 0 Å². The molecule has 0 saturated heterocycles. The molecule has 1 aromatic rings. The number of aryl methyl sites for hydroxylation is 2. The van der Waals surface area contributed by atoms with E-state index in [1.165, 1.54) is 16.8 Å². The van der Waals surface area contributed by atoms with E-state index in [1.807, 2.05) is 0 Å². The molecule has 0 aromatic heterocycles. The molecule has 1 aliphatic rings. The first-order valence-corrected chi connectivity index (χ1v) is 6.56. The first-order chi connectivity index (χ1) is 8.52. The third-order valence-electron chi connectivity index (χ3n) is 4.35. The van der Waals surface area contributed by atoms with Crippen molar-refractivity contribution in [2.24, 2.45) is 5.73 Å². The van der Waals surface area contributed by atoms with Gasteiger partial charge in [-0.05, 0) is 38.3 Å². The molecule has 0 bridgehead atoms. The number of hydrogen-bond acceptors (Lipinski definition) is 3. The quantitative estimate of drug-likeness (QED) is 0.888. The molecule has 3 heteroatoms. The molecule has 0 atom stereocenters. The van der Waals surface area contributed by atoms with Crippen LogP contribution in [-0.2, 0) is 4.74 Å². The van der Waals surface area contributed by atoms with Gasteiger partial charge in [-0.1, -0.05) is 17.7 Å². The summed E-state index contributed by atoms with van der Waals surface area (Å²) in [5.41, 5.74) is 9.97. The third kappa shape index (κ3) is 2.13. The fraction of sp³-hybridized carbons (Fsp3) is 0.600. The van der Waals surface area contributed by atoms with E-state index in [1.54, 1.807) is 7.11 Å². The first-order valence-electron chi connectivity index (χ1n) is 6.56. The van der Waals surface area contributed by atoms with Crippen molar-refractivity contribution < 1.29 is 4.74 Å². The predicted molar refractivity (Wildman–Crippen MR) is 76.1 cm³/mol. The van der Waals surface area contributed by atoms with E-state index in [0.717, 1.165) is 12.8 Å². The smallest absolute Gasteiger partial charge is 0.0617 e.